The van der Waals surface area contributed by atoms with Gasteiger partial charge in [-0.1, -0.05) is 48.7 Å². The van der Waals surface area contributed by atoms with E-state index in [9.17, 15) is 0 Å². The highest BCUT2D eigenvalue weighted by molar-refractivity contribution is 6.98. The van der Waals surface area contributed by atoms with E-state index in [4.69, 9.17) is 0 Å². The Kier molecular flexibility index (Phi) is 5.64. The molecule has 0 aromatic heterocycles. The Labute approximate surface area is 151 Å². The van der Waals surface area contributed by atoms with Crippen LogP contribution in [0.2, 0.25) is 12.6 Å². The molecule has 1 unspecified atom stereocenters. The van der Waals surface area contributed by atoms with Gasteiger partial charge in [0, 0.05) is 0 Å². The smallest absolute Gasteiger partial charge is 0.0776 e. The quantitative estimate of drug-likeness (QED) is 0.535. The summed E-state index contributed by atoms with van der Waals surface area (Å²) in [4.78, 5) is 0. The lowest BCUT2D eigenvalue weighted by molar-refractivity contribution is 0.870. The van der Waals surface area contributed by atoms with E-state index in [1.54, 1.807) is 32.7 Å². The first-order valence-electron chi connectivity index (χ1n) is 9.61. The van der Waals surface area contributed by atoms with E-state index < -0.39 is 8.07 Å². The highest BCUT2D eigenvalue weighted by Gasteiger charge is 2.39. The second kappa shape index (κ2) is 7.04. The van der Waals surface area contributed by atoms with Gasteiger partial charge in [0.15, 0.2) is 0 Å². The maximum absolute atomic E-state index is 2.65. The van der Waals surface area contributed by atoms with Crippen molar-refractivity contribution in [3.8, 4) is 0 Å². The Hall–Kier alpha value is -1.08. The van der Waals surface area contributed by atoms with E-state index in [0.29, 0.717) is 0 Å². The molecule has 2 rings (SSSR count). The van der Waals surface area contributed by atoms with E-state index in [1.807, 2.05) is 0 Å². The maximum atomic E-state index is 2.65. The van der Waals surface area contributed by atoms with E-state index in [0.717, 1.165) is 6.42 Å². The summed E-state index contributed by atoms with van der Waals surface area (Å²) in [5, 5.41) is 3.49. The molecule has 1 aromatic rings. The van der Waals surface area contributed by atoms with Crippen molar-refractivity contribution < 1.29 is 0 Å². The summed E-state index contributed by atoms with van der Waals surface area (Å²) >= 11 is 0. The highest BCUT2D eigenvalue weighted by atomic mass is 28.3. The third-order valence-corrected chi connectivity index (χ3v) is 11.8. The molecule has 0 saturated heterocycles. The van der Waals surface area contributed by atoms with E-state index >= 15 is 0 Å². The minimum absolute atomic E-state index is 1.16. The zero-order chi connectivity index (χ0) is 18.2. The van der Waals surface area contributed by atoms with Crippen LogP contribution in [0.5, 0.6) is 0 Å². The number of allylic oxidation sites excluding steroid dienone is 4. The summed E-state index contributed by atoms with van der Waals surface area (Å²) in [7, 11) is -1.70. The second-order valence-electron chi connectivity index (χ2n) is 8.18. The summed E-state index contributed by atoms with van der Waals surface area (Å²) < 4.78 is 0. The van der Waals surface area contributed by atoms with Gasteiger partial charge >= 0.3 is 0 Å². The fourth-order valence-corrected chi connectivity index (χ4v) is 10.8. The summed E-state index contributed by atoms with van der Waals surface area (Å²) in [5.41, 5.74) is 10.9. The minimum Gasteiger partial charge on any atom is -0.0776 e. The molecular weight excluding hydrogens is 304 g/mol. The molecule has 0 aliphatic heterocycles. The molecule has 0 nitrogen and oxygen atoms in total. The van der Waals surface area contributed by atoms with Gasteiger partial charge in [0.1, 0.15) is 8.07 Å². The lowest BCUT2D eigenvalue weighted by atomic mass is 9.95. The molecule has 0 amide bonds. The van der Waals surface area contributed by atoms with Crippen LogP contribution in [0.15, 0.2) is 22.4 Å². The maximum Gasteiger partial charge on any atom is 0.116 e. The minimum atomic E-state index is -1.70. The van der Waals surface area contributed by atoms with Gasteiger partial charge in [0.05, 0.1) is 0 Å². The van der Waals surface area contributed by atoms with Crippen LogP contribution in [0.3, 0.4) is 0 Å². The Morgan fingerprint density at radius 3 is 1.75 bits per heavy atom. The van der Waals surface area contributed by atoms with Crippen LogP contribution in [0, 0.1) is 34.6 Å². The molecule has 0 N–H and O–H groups in total. The molecule has 0 bridgehead atoms. The molecule has 1 aliphatic carbocycles. The van der Waals surface area contributed by atoms with Crippen LogP contribution >= 0.6 is 0 Å². The molecule has 0 radical (unpaired) electrons. The normalized spacial score (nSPS) is 17.3. The first-order valence-corrected chi connectivity index (χ1v) is 12.3. The molecule has 1 heteroatoms. The summed E-state index contributed by atoms with van der Waals surface area (Å²) in [6.07, 6.45) is 6.26. The first kappa shape index (κ1) is 19.2. The van der Waals surface area contributed by atoms with Crippen LogP contribution < -0.4 is 5.19 Å². The van der Waals surface area contributed by atoms with Gasteiger partial charge in [-0.25, -0.2) is 0 Å². The largest absolute Gasteiger partial charge is 0.116 e. The van der Waals surface area contributed by atoms with Gasteiger partial charge in [-0.2, -0.15) is 0 Å². The van der Waals surface area contributed by atoms with E-state index in [1.165, 1.54) is 35.6 Å². The van der Waals surface area contributed by atoms with Gasteiger partial charge in [0.25, 0.3) is 0 Å². The fourth-order valence-electron chi connectivity index (χ4n) is 4.99. The molecule has 1 aliphatic rings. The van der Waals surface area contributed by atoms with Crippen molar-refractivity contribution in [2.45, 2.75) is 87.2 Å². The third-order valence-electron chi connectivity index (χ3n) is 6.67. The Morgan fingerprint density at radius 2 is 1.33 bits per heavy atom. The van der Waals surface area contributed by atoms with Crippen LogP contribution in [0.4, 0.5) is 0 Å². The van der Waals surface area contributed by atoms with Crippen LogP contribution in [0.25, 0.3) is 0 Å². The summed E-state index contributed by atoms with van der Waals surface area (Å²) in [6, 6.07) is 1.38. The summed E-state index contributed by atoms with van der Waals surface area (Å²) in [5.74, 6) is 0. The monoisotopic (exact) mass is 340 g/mol. The van der Waals surface area contributed by atoms with E-state index in [2.05, 4.69) is 68.0 Å². The number of unbranched alkanes of at least 4 members (excludes halogenated alkanes) is 1. The molecular formula is C23H36Si. The number of benzene rings is 1. The lowest BCUT2D eigenvalue weighted by Crippen LogP contribution is -2.50. The molecule has 24 heavy (non-hydrogen) atoms. The molecule has 1 atom stereocenters. The number of rotatable bonds is 5. The number of hydrogen-bond acceptors (Lipinski definition) is 0. The van der Waals surface area contributed by atoms with Crippen LogP contribution in [-0.4, -0.2) is 8.07 Å². The van der Waals surface area contributed by atoms with Crippen molar-refractivity contribution in [1.82, 2.24) is 0 Å². The van der Waals surface area contributed by atoms with Gasteiger partial charge in [-0.05, 0) is 93.9 Å². The second-order valence-corrected chi connectivity index (χ2v) is 12.3. The molecule has 0 spiro atoms. The van der Waals surface area contributed by atoms with Crippen molar-refractivity contribution in [3.05, 3.63) is 50.2 Å². The average molecular weight is 341 g/mol. The molecule has 1 aromatic carbocycles. The van der Waals surface area contributed by atoms with Gasteiger partial charge < -0.3 is 0 Å². The molecule has 0 saturated carbocycles. The zero-order valence-corrected chi connectivity index (χ0v) is 18.4. The first-order chi connectivity index (χ1) is 11.2. The topological polar surface area (TPSA) is 0 Å². The number of hydrogen-bond donors (Lipinski definition) is 0. The van der Waals surface area contributed by atoms with Crippen molar-refractivity contribution in [1.29, 1.82) is 0 Å². The Balaban J connectivity index is 2.80. The molecule has 0 heterocycles. The van der Waals surface area contributed by atoms with Gasteiger partial charge in [-0.3, -0.25) is 0 Å². The predicted octanol–water partition coefficient (Wildman–Crippen LogP) is 6.52. The average Bonchev–Trinajstić information content (AvgIpc) is 2.88. The zero-order valence-electron chi connectivity index (χ0n) is 17.4. The molecule has 0 fully saturated rings. The SMILES string of the molecule is CCCC[Si](C)(C1=C(C)CC=C1C)c1c(C)c(C)c(C)c(C)c1C. The predicted molar refractivity (Wildman–Crippen MR) is 112 cm³/mol. The van der Waals surface area contributed by atoms with E-state index in [-0.39, 0.29) is 0 Å². The van der Waals surface area contributed by atoms with Crippen LogP contribution in [-0.2, 0) is 0 Å². The van der Waals surface area contributed by atoms with Crippen molar-refractivity contribution in [2.75, 3.05) is 0 Å². The Morgan fingerprint density at radius 1 is 0.833 bits per heavy atom. The van der Waals surface area contributed by atoms with Gasteiger partial charge in [-0.15, -0.1) is 0 Å². The Bertz CT molecular complexity index is 689. The van der Waals surface area contributed by atoms with Crippen molar-refractivity contribution in [2.24, 2.45) is 0 Å². The summed E-state index contributed by atoms with van der Waals surface area (Å²) in [6.45, 7) is 21.4. The van der Waals surface area contributed by atoms with Gasteiger partial charge in [0.2, 0.25) is 0 Å². The highest BCUT2D eigenvalue weighted by Crippen LogP contribution is 2.38. The fraction of sp³-hybridized carbons (Fsp3) is 0.565. The molecule has 132 valence electrons. The van der Waals surface area contributed by atoms with Crippen molar-refractivity contribution >= 4 is 13.3 Å². The third kappa shape index (κ3) is 2.96. The van der Waals surface area contributed by atoms with Crippen molar-refractivity contribution in [3.63, 3.8) is 0 Å². The van der Waals surface area contributed by atoms with Crippen LogP contribution in [0.1, 0.15) is 67.9 Å². The lowest BCUT2D eigenvalue weighted by Gasteiger charge is -2.36. The standard InChI is InChI=1S/C23H36Si/c1-10-11-14-24(9,22-15(2)12-13-16(22)3)23-20(7)18(5)17(4)19(6)21(23)8/h12H,10-11,13-14H2,1-9H3.